The SMILES string of the molecule is Cc1oc(-c2ccccc2)nc1CCOc1cccc(C[C@@H]2CN(C(=O)Cc3ccccc3)C[C@@H]2C(=O)O)c1. The number of amides is 1. The highest BCUT2D eigenvalue weighted by Gasteiger charge is 2.39. The second-order valence-corrected chi connectivity index (χ2v) is 10.0. The van der Waals surface area contributed by atoms with Crippen LogP contribution >= 0.6 is 0 Å². The van der Waals surface area contributed by atoms with E-state index < -0.39 is 11.9 Å². The minimum Gasteiger partial charge on any atom is -0.493 e. The average molecular weight is 525 g/mol. The number of oxazole rings is 1. The summed E-state index contributed by atoms with van der Waals surface area (Å²) in [7, 11) is 0. The molecule has 1 aliphatic heterocycles. The normalized spacial score (nSPS) is 16.8. The maximum atomic E-state index is 12.9. The predicted molar refractivity (Wildman–Crippen MR) is 147 cm³/mol. The summed E-state index contributed by atoms with van der Waals surface area (Å²) in [6, 6.07) is 27.1. The highest BCUT2D eigenvalue weighted by molar-refractivity contribution is 5.81. The molecule has 3 aromatic carbocycles. The Kier molecular flexibility index (Phi) is 8.06. The van der Waals surface area contributed by atoms with Crippen molar-refractivity contribution >= 4 is 11.9 Å². The molecular formula is C32H32N2O5. The summed E-state index contributed by atoms with van der Waals surface area (Å²) in [4.78, 5) is 31.2. The van der Waals surface area contributed by atoms with Crippen molar-refractivity contribution < 1.29 is 23.8 Å². The molecule has 0 radical (unpaired) electrons. The molecule has 2 atom stereocenters. The zero-order chi connectivity index (χ0) is 27.2. The predicted octanol–water partition coefficient (Wildman–Crippen LogP) is 5.22. The van der Waals surface area contributed by atoms with Crippen molar-refractivity contribution in [3.8, 4) is 17.2 Å². The Morgan fingerprint density at radius 2 is 1.69 bits per heavy atom. The molecule has 0 unspecified atom stereocenters. The van der Waals surface area contributed by atoms with E-state index in [1.807, 2.05) is 91.9 Å². The Bertz CT molecular complexity index is 1420. The first-order chi connectivity index (χ1) is 19.0. The van der Waals surface area contributed by atoms with E-state index in [0.717, 1.165) is 33.9 Å². The first-order valence-electron chi connectivity index (χ1n) is 13.2. The zero-order valence-electron chi connectivity index (χ0n) is 22.0. The van der Waals surface area contributed by atoms with Crippen molar-refractivity contribution in [3.63, 3.8) is 0 Å². The smallest absolute Gasteiger partial charge is 0.308 e. The van der Waals surface area contributed by atoms with Gasteiger partial charge >= 0.3 is 5.97 Å². The summed E-state index contributed by atoms with van der Waals surface area (Å²) >= 11 is 0. The van der Waals surface area contributed by atoms with Gasteiger partial charge in [0.1, 0.15) is 11.5 Å². The molecule has 5 rings (SSSR count). The first-order valence-corrected chi connectivity index (χ1v) is 13.2. The van der Waals surface area contributed by atoms with Gasteiger partial charge in [-0.15, -0.1) is 0 Å². The molecule has 200 valence electrons. The van der Waals surface area contributed by atoms with E-state index in [9.17, 15) is 14.7 Å². The number of aromatic nitrogens is 1. The average Bonchev–Trinajstić information content (AvgIpc) is 3.54. The second kappa shape index (κ2) is 12.0. The lowest BCUT2D eigenvalue weighted by molar-refractivity contribution is -0.142. The number of nitrogens with zero attached hydrogens (tertiary/aromatic N) is 2. The van der Waals surface area contributed by atoms with Crippen molar-refractivity contribution in [2.45, 2.75) is 26.2 Å². The van der Waals surface area contributed by atoms with Gasteiger partial charge in [0.25, 0.3) is 0 Å². The van der Waals surface area contributed by atoms with Crippen molar-refractivity contribution in [3.05, 3.63) is 108 Å². The van der Waals surface area contributed by atoms with E-state index in [4.69, 9.17) is 9.15 Å². The van der Waals surface area contributed by atoms with Crippen LogP contribution in [0.3, 0.4) is 0 Å². The number of carboxylic acid groups (broad SMARTS) is 1. The minimum absolute atomic E-state index is 0.0365. The first kappa shape index (κ1) is 26.2. The van der Waals surface area contributed by atoms with Gasteiger partial charge in [-0.2, -0.15) is 0 Å². The highest BCUT2D eigenvalue weighted by atomic mass is 16.5. The third kappa shape index (κ3) is 6.55. The number of benzene rings is 3. The minimum atomic E-state index is -0.861. The molecule has 1 N–H and O–H groups in total. The molecule has 1 fully saturated rings. The summed E-state index contributed by atoms with van der Waals surface area (Å²) < 4.78 is 11.9. The lowest BCUT2D eigenvalue weighted by Gasteiger charge is -2.17. The van der Waals surface area contributed by atoms with Gasteiger partial charge in [0.15, 0.2) is 0 Å². The Morgan fingerprint density at radius 1 is 0.974 bits per heavy atom. The van der Waals surface area contributed by atoms with Gasteiger partial charge in [-0.3, -0.25) is 9.59 Å². The summed E-state index contributed by atoms with van der Waals surface area (Å²) in [6.45, 7) is 3.02. The molecule has 0 saturated carbocycles. The van der Waals surface area contributed by atoms with Crippen LogP contribution in [0.4, 0.5) is 0 Å². The molecule has 1 amide bonds. The van der Waals surface area contributed by atoms with Crippen molar-refractivity contribution in [1.82, 2.24) is 9.88 Å². The number of likely N-dealkylation sites (tertiary alicyclic amines) is 1. The summed E-state index contributed by atoms with van der Waals surface area (Å²) in [5, 5.41) is 9.85. The molecular weight excluding hydrogens is 492 g/mol. The van der Waals surface area contributed by atoms with E-state index in [0.29, 0.717) is 31.9 Å². The maximum Gasteiger partial charge on any atom is 0.308 e. The molecule has 4 aromatic rings. The van der Waals surface area contributed by atoms with Crippen LogP contribution in [0.1, 0.15) is 22.6 Å². The van der Waals surface area contributed by atoms with Crippen LogP contribution < -0.4 is 4.74 Å². The molecule has 1 aliphatic rings. The summed E-state index contributed by atoms with van der Waals surface area (Å²) in [5.41, 5.74) is 3.72. The lowest BCUT2D eigenvalue weighted by atomic mass is 9.90. The topological polar surface area (TPSA) is 92.9 Å². The van der Waals surface area contributed by atoms with Crippen LogP contribution in [-0.2, 0) is 28.9 Å². The Hall–Kier alpha value is -4.39. The Balaban J connectivity index is 1.18. The number of aliphatic carboxylic acids is 1. The van der Waals surface area contributed by atoms with Gasteiger partial charge < -0.3 is 19.2 Å². The molecule has 39 heavy (non-hydrogen) atoms. The third-order valence-electron chi connectivity index (χ3n) is 7.23. The number of carboxylic acids is 1. The Morgan fingerprint density at radius 3 is 2.44 bits per heavy atom. The van der Waals surface area contributed by atoms with E-state index >= 15 is 0 Å². The van der Waals surface area contributed by atoms with E-state index in [2.05, 4.69) is 4.98 Å². The Labute approximate surface area is 228 Å². The number of aryl methyl sites for hydroxylation is 1. The maximum absolute atomic E-state index is 12.9. The lowest BCUT2D eigenvalue weighted by Crippen LogP contribution is -2.31. The fraction of sp³-hybridized carbons (Fsp3) is 0.281. The number of hydrogen-bond donors (Lipinski definition) is 1. The summed E-state index contributed by atoms with van der Waals surface area (Å²) in [5.74, 6) is 0.448. The van der Waals surface area contributed by atoms with Crippen LogP contribution in [0.25, 0.3) is 11.5 Å². The van der Waals surface area contributed by atoms with Crippen LogP contribution in [0.5, 0.6) is 5.75 Å². The van der Waals surface area contributed by atoms with E-state index in [-0.39, 0.29) is 24.8 Å². The van der Waals surface area contributed by atoms with Gasteiger partial charge in [-0.25, -0.2) is 4.98 Å². The van der Waals surface area contributed by atoms with Gasteiger partial charge in [-0.05, 0) is 54.7 Å². The molecule has 2 heterocycles. The second-order valence-electron chi connectivity index (χ2n) is 10.0. The van der Waals surface area contributed by atoms with Gasteiger partial charge in [-0.1, -0.05) is 60.7 Å². The molecule has 0 aliphatic carbocycles. The van der Waals surface area contributed by atoms with Crippen LogP contribution in [0.15, 0.2) is 89.3 Å². The van der Waals surface area contributed by atoms with Crippen molar-refractivity contribution in [2.24, 2.45) is 11.8 Å². The standard InChI is InChI=1S/C32H32N2O5/c1-22-29(33-31(39-22)25-12-6-3-7-13-25)15-16-38-27-14-8-11-24(18-27)17-26-20-34(21-28(26)32(36)37)30(35)19-23-9-4-2-5-10-23/h2-14,18,26,28H,15-17,19-21H2,1H3,(H,36,37)/t26-,28+/m1/s1. The molecule has 1 saturated heterocycles. The van der Waals surface area contributed by atoms with Gasteiger partial charge in [0, 0.05) is 25.1 Å². The fourth-order valence-electron chi connectivity index (χ4n) is 5.14. The van der Waals surface area contributed by atoms with E-state index in [1.54, 1.807) is 4.90 Å². The summed E-state index contributed by atoms with van der Waals surface area (Å²) in [6.07, 6.45) is 1.45. The third-order valence-corrected chi connectivity index (χ3v) is 7.23. The number of ether oxygens (including phenoxy) is 1. The number of hydrogen-bond acceptors (Lipinski definition) is 5. The fourth-order valence-corrected chi connectivity index (χ4v) is 5.14. The van der Waals surface area contributed by atoms with Gasteiger partial charge in [0.05, 0.1) is 24.6 Å². The molecule has 0 spiro atoms. The van der Waals surface area contributed by atoms with E-state index in [1.165, 1.54) is 0 Å². The largest absolute Gasteiger partial charge is 0.493 e. The van der Waals surface area contributed by atoms with Crippen LogP contribution in [0.2, 0.25) is 0 Å². The molecule has 7 nitrogen and oxygen atoms in total. The number of carbonyl (C=O) groups is 2. The molecule has 1 aromatic heterocycles. The van der Waals surface area contributed by atoms with Crippen LogP contribution in [0, 0.1) is 18.8 Å². The number of rotatable bonds is 10. The van der Waals surface area contributed by atoms with Crippen molar-refractivity contribution in [1.29, 1.82) is 0 Å². The van der Waals surface area contributed by atoms with Gasteiger partial charge in [0.2, 0.25) is 11.8 Å². The zero-order valence-corrected chi connectivity index (χ0v) is 22.0. The quantitative estimate of drug-likeness (QED) is 0.306. The van der Waals surface area contributed by atoms with Crippen molar-refractivity contribution in [2.75, 3.05) is 19.7 Å². The van der Waals surface area contributed by atoms with Crippen LogP contribution in [-0.4, -0.2) is 46.6 Å². The number of carbonyl (C=O) groups excluding carboxylic acids is 1. The monoisotopic (exact) mass is 524 g/mol. The molecule has 7 heteroatoms. The molecule has 0 bridgehead atoms. The highest BCUT2D eigenvalue weighted by Crippen LogP contribution is 2.29.